The molecule has 1 heterocycles. The second kappa shape index (κ2) is 7.25. The monoisotopic (exact) mass is 353 g/mol. The van der Waals surface area contributed by atoms with Crippen molar-refractivity contribution in [2.24, 2.45) is 0 Å². The van der Waals surface area contributed by atoms with Gasteiger partial charge in [0.05, 0.1) is 6.10 Å². The van der Waals surface area contributed by atoms with Gasteiger partial charge in [-0.25, -0.2) is 0 Å². The highest BCUT2D eigenvalue weighted by molar-refractivity contribution is 9.10. The van der Waals surface area contributed by atoms with Crippen molar-refractivity contribution in [3.8, 4) is 5.75 Å². The van der Waals surface area contributed by atoms with Crippen molar-refractivity contribution in [3.05, 3.63) is 50.6 Å². The molecule has 2 nitrogen and oxygen atoms in total. The lowest BCUT2D eigenvalue weighted by molar-refractivity contribution is 0.242. The fraction of sp³-hybridized carbons (Fsp3) is 0.375. The van der Waals surface area contributed by atoms with Crippen molar-refractivity contribution < 1.29 is 4.74 Å². The molecule has 4 heteroatoms. The molecule has 0 radical (unpaired) electrons. The van der Waals surface area contributed by atoms with Crippen LogP contribution >= 0.6 is 27.3 Å². The summed E-state index contributed by atoms with van der Waals surface area (Å²) in [6.45, 7) is 4.09. The number of benzene rings is 1. The molecule has 1 unspecified atom stereocenters. The number of hydrogen-bond donors (Lipinski definition) is 1. The highest BCUT2D eigenvalue weighted by atomic mass is 79.9. The Labute approximate surface area is 133 Å². The molecular formula is C16H20BrNOS. The van der Waals surface area contributed by atoms with Gasteiger partial charge in [0.2, 0.25) is 0 Å². The Morgan fingerprint density at radius 2 is 2.10 bits per heavy atom. The lowest BCUT2D eigenvalue weighted by Gasteiger charge is -2.18. The van der Waals surface area contributed by atoms with E-state index >= 15 is 0 Å². The van der Waals surface area contributed by atoms with Gasteiger partial charge in [-0.15, -0.1) is 11.3 Å². The fourth-order valence-electron chi connectivity index (χ4n) is 2.12. The minimum Gasteiger partial charge on any atom is -0.491 e. The van der Waals surface area contributed by atoms with Gasteiger partial charge in [0.15, 0.2) is 0 Å². The average Bonchev–Trinajstić information content (AvgIpc) is 2.81. The standard InChI is InChI=1S/C16H20BrNOS/c1-11(2)19-13-6-4-5-12(9-13)15(18-3)10-16-14(17)7-8-20-16/h4-9,11,15,18H,10H2,1-3H3. The molecule has 0 saturated heterocycles. The van der Waals surface area contributed by atoms with E-state index in [1.807, 2.05) is 27.0 Å². The zero-order valence-electron chi connectivity index (χ0n) is 12.0. The first-order valence-corrected chi connectivity index (χ1v) is 8.43. The smallest absolute Gasteiger partial charge is 0.120 e. The Morgan fingerprint density at radius 1 is 1.30 bits per heavy atom. The summed E-state index contributed by atoms with van der Waals surface area (Å²) in [4.78, 5) is 1.36. The van der Waals surface area contributed by atoms with Crippen molar-refractivity contribution in [1.29, 1.82) is 0 Å². The number of rotatable bonds is 6. The average molecular weight is 354 g/mol. The molecule has 0 amide bonds. The minimum atomic E-state index is 0.199. The zero-order chi connectivity index (χ0) is 14.5. The van der Waals surface area contributed by atoms with Crippen LogP contribution in [0.1, 0.15) is 30.3 Å². The molecular weight excluding hydrogens is 334 g/mol. The third-order valence-corrected chi connectivity index (χ3v) is 5.01. The van der Waals surface area contributed by atoms with E-state index < -0.39 is 0 Å². The molecule has 0 bridgehead atoms. The molecule has 20 heavy (non-hydrogen) atoms. The van der Waals surface area contributed by atoms with E-state index in [9.17, 15) is 0 Å². The van der Waals surface area contributed by atoms with Crippen molar-refractivity contribution >= 4 is 27.3 Å². The molecule has 1 N–H and O–H groups in total. The van der Waals surface area contributed by atoms with Gasteiger partial charge in [-0.1, -0.05) is 12.1 Å². The highest BCUT2D eigenvalue weighted by Crippen LogP contribution is 2.29. The van der Waals surface area contributed by atoms with Gasteiger partial charge in [0, 0.05) is 21.8 Å². The quantitative estimate of drug-likeness (QED) is 0.805. The van der Waals surface area contributed by atoms with Crippen LogP contribution in [0.15, 0.2) is 40.2 Å². The van der Waals surface area contributed by atoms with Crippen LogP contribution in [0.4, 0.5) is 0 Å². The van der Waals surface area contributed by atoms with Gasteiger partial charge in [0.25, 0.3) is 0 Å². The van der Waals surface area contributed by atoms with Crippen molar-refractivity contribution in [2.45, 2.75) is 32.4 Å². The molecule has 2 rings (SSSR count). The first-order valence-electron chi connectivity index (χ1n) is 6.76. The number of nitrogens with one attached hydrogen (secondary N) is 1. The Kier molecular flexibility index (Phi) is 5.64. The zero-order valence-corrected chi connectivity index (χ0v) is 14.4. The van der Waals surface area contributed by atoms with E-state index in [-0.39, 0.29) is 6.10 Å². The Hall–Kier alpha value is -0.840. The van der Waals surface area contributed by atoms with E-state index in [1.54, 1.807) is 11.3 Å². The number of hydrogen-bond acceptors (Lipinski definition) is 3. The minimum absolute atomic E-state index is 0.199. The lowest BCUT2D eigenvalue weighted by Crippen LogP contribution is -2.18. The Bertz CT molecular complexity index is 553. The second-order valence-electron chi connectivity index (χ2n) is 4.98. The van der Waals surface area contributed by atoms with Crippen LogP contribution in [-0.4, -0.2) is 13.2 Å². The van der Waals surface area contributed by atoms with Gasteiger partial charge < -0.3 is 10.1 Å². The number of halogens is 1. The molecule has 0 aliphatic heterocycles. The lowest BCUT2D eigenvalue weighted by atomic mass is 10.0. The van der Waals surface area contributed by atoms with Crippen LogP contribution in [0.2, 0.25) is 0 Å². The summed E-state index contributed by atoms with van der Waals surface area (Å²) in [6, 6.07) is 10.7. The summed E-state index contributed by atoms with van der Waals surface area (Å²) in [6.07, 6.45) is 1.17. The molecule has 1 aromatic heterocycles. The number of likely N-dealkylation sites (N-methyl/N-ethyl adjacent to an activating group) is 1. The molecule has 0 aliphatic carbocycles. The number of ether oxygens (including phenoxy) is 1. The van der Waals surface area contributed by atoms with Crippen molar-refractivity contribution in [3.63, 3.8) is 0 Å². The third kappa shape index (κ3) is 4.08. The number of thiophene rings is 1. The molecule has 0 spiro atoms. The predicted octanol–water partition coefficient (Wildman–Crippen LogP) is 4.80. The Balaban J connectivity index is 2.17. The van der Waals surface area contributed by atoms with Gasteiger partial charge >= 0.3 is 0 Å². The summed E-state index contributed by atoms with van der Waals surface area (Å²) >= 11 is 5.39. The van der Waals surface area contributed by atoms with Crippen LogP contribution in [0.5, 0.6) is 5.75 Å². The third-order valence-electron chi connectivity index (χ3n) is 3.06. The summed E-state index contributed by atoms with van der Waals surface area (Å²) in [5, 5.41) is 5.51. The fourth-order valence-corrected chi connectivity index (χ4v) is 3.68. The summed E-state index contributed by atoms with van der Waals surface area (Å²) in [7, 11) is 2.00. The topological polar surface area (TPSA) is 21.3 Å². The van der Waals surface area contributed by atoms with Crippen LogP contribution in [0, 0.1) is 0 Å². The van der Waals surface area contributed by atoms with E-state index in [4.69, 9.17) is 4.74 Å². The highest BCUT2D eigenvalue weighted by Gasteiger charge is 2.14. The predicted molar refractivity (Wildman–Crippen MR) is 89.7 cm³/mol. The summed E-state index contributed by atoms with van der Waals surface area (Å²) < 4.78 is 6.97. The maximum atomic E-state index is 5.77. The second-order valence-corrected chi connectivity index (χ2v) is 6.83. The van der Waals surface area contributed by atoms with E-state index in [1.165, 1.54) is 14.9 Å². The van der Waals surface area contributed by atoms with Gasteiger partial charge in [-0.3, -0.25) is 0 Å². The molecule has 1 atom stereocenters. The Morgan fingerprint density at radius 3 is 2.70 bits per heavy atom. The molecule has 108 valence electrons. The first kappa shape index (κ1) is 15.5. The molecule has 0 aliphatic rings. The van der Waals surface area contributed by atoms with Crippen molar-refractivity contribution in [2.75, 3.05) is 7.05 Å². The SMILES string of the molecule is CNC(Cc1sccc1Br)c1cccc(OC(C)C)c1. The molecule has 0 fully saturated rings. The van der Waals surface area contributed by atoms with Crippen LogP contribution < -0.4 is 10.1 Å². The maximum absolute atomic E-state index is 5.77. The van der Waals surface area contributed by atoms with Crippen LogP contribution in [-0.2, 0) is 6.42 Å². The maximum Gasteiger partial charge on any atom is 0.120 e. The summed E-state index contributed by atoms with van der Waals surface area (Å²) in [5.74, 6) is 0.933. The van der Waals surface area contributed by atoms with E-state index in [2.05, 4.69) is 50.9 Å². The van der Waals surface area contributed by atoms with Gasteiger partial charge in [-0.2, -0.15) is 0 Å². The molecule has 1 aromatic carbocycles. The molecule has 0 saturated carbocycles. The van der Waals surface area contributed by atoms with E-state index in [0.29, 0.717) is 6.04 Å². The van der Waals surface area contributed by atoms with Gasteiger partial charge in [-0.05, 0) is 66.0 Å². The normalized spacial score (nSPS) is 12.7. The molecule has 2 aromatic rings. The van der Waals surface area contributed by atoms with E-state index in [0.717, 1.165) is 12.2 Å². The van der Waals surface area contributed by atoms with Gasteiger partial charge in [0.1, 0.15) is 5.75 Å². The largest absolute Gasteiger partial charge is 0.491 e. The first-order chi connectivity index (χ1) is 9.60. The van der Waals surface area contributed by atoms with Crippen LogP contribution in [0.25, 0.3) is 0 Å². The van der Waals surface area contributed by atoms with Crippen LogP contribution in [0.3, 0.4) is 0 Å². The van der Waals surface area contributed by atoms with Crippen molar-refractivity contribution in [1.82, 2.24) is 5.32 Å². The summed E-state index contributed by atoms with van der Waals surface area (Å²) in [5.41, 5.74) is 1.26.